The molecule has 1 saturated heterocycles. The van der Waals surface area contributed by atoms with E-state index in [1.54, 1.807) is 7.11 Å². The van der Waals surface area contributed by atoms with Crippen molar-refractivity contribution in [3.05, 3.63) is 35.4 Å². The van der Waals surface area contributed by atoms with Gasteiger partial charge < -0.3 is 15.4 Å². The van der Waals surface area contributed by atoms with Crippen molar-refractivity contribution in [2.75, 3.05) is 39.9 Å². The van der Waals surface area contributed by atoms with Crippen molar-refractivity contribution < 1.29 is 9.53 Å². The molecule has 2 rings (SSSR count). The Kier molecular flexibility index (Phi) is 10.4. The third-order valence-corrected chi connectivity index (χ3v) is 4.00. The number of methoxy groups -OCH3 is 1. The molecule has 1 atom stereocenters. The summed E-state index contributed by atoms with van der Waals surface area (Å²) >= 11 is 0. The zero-order chi connectivity index (χ0) is 15.2. The van der Waals surface area contributed by atoms with Crippen molar-refractivity contribution in [2.24, 2.45) is 5.73 Å². The van der Waals surface area contributed by atoms with Gasteiger partial charge in [0.15, 0.2) is 0 Å². The van der Waals surface area contributed by atoms with E-state index in [4.69, 9.17) is 10.5 Å². The molecule has 0 aliphatic carbocycles. The van der Waals surface area contributed by atoms with Crippen LogP contribution in [0, 0.1) is 6.92 Å². The maximum absolute atomic E-state index is 12.1. The van der Waals surface area contributed by atoms with Crippen molar-refractivity contribution in [3.8, 4) is 0 Å². The Balaban J connectivity index is 0.00000242. The van der Waals surface area contributed by atoms with Crippen LogP contribution in [-0.4, -0.2) is 61.6 Å². The van der Waals surface area contributed by atoms with Gasteiger partial charge in [0.25, 0.3) is 0 Å². The predicted molar refractivity (Wildman–Crippen MR) is 97.4 cm³/mol. The standard InChI is InChI=1S/C16H25N3O2.2ClH/c1-13-5-3-4-6-14(13)11-18-7-9-19(10-8-18)16(20)15(17)12-21-2;;/h3-6,15H,7-12,17H2,1-2H3;2*1H. The zero-order valence-electron chi connectivity index (χ0n) is 13.7. The molecule has 1 aliphatic rings. The lowest BCUT2D eigenvalue weighted by Gasteiger charge is -2.36. The first-order chi connectivity index (χ1) is 10.1. The monoisotopic (exact) mass is 363 g/mol. The summed E-state index contributed by atoms with van der Waals surface area (Å²) in [5.41, 5.74) is 8.48. The molecule has 7 heteroatoms. The van der Waals surface area contributed by atoms with Crippen LogP contribution >= 0.6 is 24.8 Å². The maximum atomic E-state index is 12.1. The predicted octanol–water partition coefficient (Wildman–Crippen LogP) is 1.46. The maximum Gasteiger partial charge on any atom is 0.241 e. The van der Waals surface area contributed by atoms with Crippen molar-refractivity contribution in [2.45, 2.75) is 19.5 Å². The molecule has 0 spiro atoms. The Hall–Kier alpha value is -0.850. The zero-order valence-corrected chi connectivity index (χ0v) is 15.4. The number of benzene rings is 1. The molecule has 1 heterocycles. The van der Waals surface area contributed by atoms with Gasteiger partial charge in [-0.25, -0.2) is 0 Å². The molecule has 23 heavy (non-hydrogen) atoms. The van der Waals surface area contributed by atoms with Gasteiger partial charge in [0.2, 0.25) is 5.91 Å². The topological polar surface area (TPSA) is 58.8 Å². The van der Waals surface area contributed by atoms with Gasteiger partial charge in [0.1, 0.15) is 6.04 Å². The largest absolute Gasteiger partial charge is 0.383 e. The number of halogens is 2. The molecule has 0 radical (unpaired) electrons. The van der Waals surface area contributed by atoms with E-state index in [1.165, 1.54) is 11.1 Å². The van der Waals surface area contributed by atoms with Gasteiger partial charge in [-0.3, -0.25) is 9.69 Å². The van der Waals surface area contributed by atoms with Gasteiger partial charge >= 0.3 is 0 Å². The summed E-state index contributed by atoms with van der Waals surface area (Å²) in [5.74, 6) is -0.00704. The van der Waals surface area contributed by atoms with E-state index < -0.39 is 6.04 Å². The van der Waals surface area contributed by atoms with Crippen molar-refractivity contribution in [1.29, 1.82) is 0 Å². The average Bonchev–Trinajstić information content (AvgIpc) is 2.50. The average molecular weight is 364 g/mol. The van der Waals surface area contributed by atoms with E-state index in [1.807, 2.05) is 4.90 Å². The normalized spacial score (nSPS) is 16.2. The van der Waals surface area contributed by atoms with E-state index in [0.717, 1.165) is 32.7 Å². The smallest absolute Gasteiger partial charge is 0.241 e. The number of nitrogens with zero attached hydrogens (tertiary/aromatic N) is 2. The SMILES string of the molecule is COCC(N)C(=O)N1CCN(Cc2ccccc2C)CC1.Cl.Cl. The summed E-state index contributed by atoms with van der Waals surface area (Å²) in [7, 11) is 1.56. The van der Waals surface area contributed by atoms with Crippen LogP contribution in [0.25, 0.3) is 0 Å². The number of hydrogen-bond acceptors (Lipinski definition) is 4. The molecule has 1 unspecified atom stereocenters. The minimum absolute atomic E-state index is 0. The quantitative estimate of drug-likeness (QED) is 0.860. The number of carbonyl (C=O) groups excluding carboxylic acids is 1. The van der Waals surface area contributed by atoms with Gasteiger partial charge in [0.05, 0.1) is 6.61 Å². The highest BCUT2D eigenvalue weighted by Gasteiger charge is 2.25. The van der Waals surface area contributed by atoms with Gasteiger partial charge in [0, 0.05) is 39.8 Å². The molecule has 1 fully saturated rings. The van der Waals surface area contributed by atoms with Crippen molar-refractivity contribution in [3.63, 3.8) is 0 Å². The van der Waals surface area contributed by atoms with E-state index in [-0.39, 0.29) is 37.3 Å². The Bertz CT molecular complexity index is 480. The summed E-state index contributed by atoms with van der Waals surface area (Å²) < 4.78 is 4.95. The highest BCUT2D eigenvalue weighted by molar-refractivity contribution is 5.85. The van der Waals surface area contributed by atoms with Crippen LogP contribution in [0.5, 0.6) is 0 Å². The summed E-state index contributed by atoms with van der Waals surface area (Å²) in [6.07, 6.45) is 0. The van der Waals surface area contributed by atoms with Crippen LogP contribution < -0.4 is 5.73 Å². The fourth-order valence-electron chi connectivity index (χ4n) is 2.64. The Morgan fingerprint density at radius 1 is 1.22 bits per heavy atom. The Morgan fingerprint density at radius 2 is 1.83 bits per heavy atom. The van der Waals surface area contributed by atoms with Gasteiger partial charge in [-0.05, 0) is 18.1 Å². The fraction of sp³-hybridized carbons (Fsp3) is 0.562. The van der Waals surface area contributed by atoms with E-state index in [9.17, 15) is 4.79 Å². The van der Waals surface area contributed by atoms with Crippen LogP contribution in [0.1, 0.15) is 11.1 Å². The van der Waals surface area contributed by atoms with Crippen LogP contribution in [-0.2, 0) is 16.1 Å². The van der Waals surface area contributed by atoms with Crippen LogP contribution in [0.3, 0.4) is 0 Å². The molecule has 5 nitrogen and oxygen atoms in total. The van der Waals surface area contributed by atoms with E-state index >= 15 is 0 Å². The van der Waals surface area contributed by atoms with Gasteiger partial charge in [-0.1, -0.05) is 24.3 Å². The van der Waals surface area contributed by atoms with Gasteiger partial charge in [-0.2, -0.15) is 0 Å². The minimum atomic E-state index is -0.544. The van der Waals surface area contributed by atoms with Crippen LogP contribution in [0.15, 0.2) is 24.3 Å². The molecule has 1 aliphatic heterocycles. The number of carbonyl (C=O) groups is 1. The molecule has 132 valence electrons. The number of nitrogens with two attached hydrogens (primary N) is 1. The van der Waals surface area contributed by atoms with Crippen LogP contribution in [0.4, 0.5) is 0 Å². The third kappa shape index (κ3) is 6.28. The first-order valence-corrected chi connectivity index (χ1v) is 7.42. The molecule has 2 N–H and O–H groups in total. The van der Waals surface area contributed by atoms with E-state index in [0.29, 0.717) is 0 Å². The summed E-state index contributed by atoms with van der Waals surface area (Å²) in [5, 5.41) is 0. The molecule has 0 saturated carbocycles. The molecular weight excluding hydrogens is 337 g/mol. The third-order valence-electron chi connectivity index (χ3n) is 4.00. The molecule has 0 bridgehead atoms. The second-order valence-electron chi connectivity index (χ2n) is 5.59. The number of aryl methyl sites for hydroxylation is 1. The molecule has 1 aromatic carbocycles. The van der Waals surface area contributed by atoms with Crippen molar-refractivity contribution >= 4 is 30.7 Å². The lowest BCUT2D eigenvalue weighted by molar-refractivity contribution is -0.135. The fourth-order valence-corrected chi connectivity index (χ4v) is 2.64. The Morgan fingerprint density at radius 3 is 2.39 bits per heavy atom. The first kappa shape index (κ1) is 22.1. The summed E-state index contributed by atoms with van der Waals surface area (Å²) in [6.45, 7) is 6.61. The molecule has 1 amide bonds. The minimum Gasteiger partial charge on any atom is -0.383 e. The van der Waals surface area contributed by atoms with Gasteiger partial charge in [-0.15, -0.1) is 24.8 Å². The number of rotatable bonds is 5. The molecular formula is C16H27Cl2N3O2. The number of piperazine rings is 1. The lowest BCUT2D eigenvalue weighted by atomic mass is 10.1. The van der Waals surface area contributed by atoms with E-state index in [2.05, 4.69) is 36.1 Å². The number of amides is 1. The summed E-state index contributed by atoms with van der Waals surface area (Å²) in [6, 6.07) is 7.90. The lowest BCUT2D eigenvalue weighted by Crippen LogP contribution is -2.53. The van der Waals surface area contributed by atoms with Crippen molar-refractivity contribution in [1.82, 2.24) is 9.80 Å². The Labute approximate surface area is 151 Å². The highest BCUT2D eigenvalue weighted by Crippen LogP contribution is 2.12. The first-order valence-electron chi connectivity index (χ1n) is 7.42. The van der Waals surface area contributed by atoms with Crippen LogP contribution in [0.2, 0.25) is 0 Å². The number of ether oxygens (including phenoxy) is 1. The second-order valence-corrected chi connectivity index (χ2v) is 5.59. The highest BCUT2D eigenvalue weighted by atomic mass is 35.5. The molecule has 0 aromatic heterocycles. The second kappa shape index (κ2) is 10.8. The summed E-state index contributed by atoms with van der Waals surface area (Å²) in [4.78, 5) is 16.3. The number of hydrogen-bond donors (Lipinski definition) is 1. The molecule has 1 aromatic rings.